The van der Waals surface area contributed by atoms with Gasteiger partial charge in [-0.1, -0.05) is 35.9 Å². The van der Waals surface area contributed by atoms with Gasteiger partial charge in [-0.2, -0.15) is 5.10 Å². The number of amides is 1. The van der Waals surface area contributed by atoms with E-state index in [9.17, 15) is 4.79 Å². The predicted octanol–water partition coefficient (Wildman–Crippen LogP) is 5.40. The van der Waals surface area contributed by atoms with Gasteiger partial charge in [0.15, 0.2) is 10.4 Å². The van der Waals surface area contributed by atoms with Gasteiger partial charge in [0.1, 0.15) is 0 Å². The Balaban J connectivity index is 1.72. The number of aryl methyl sites for hydroxylation is 1. The Bertz CT molecular complexity index is 929. The molecule has 0 saturated heterocycles. The van der Waals surface area contributed by atoms with Crippen LogP contribution in [-0.4, -0.2) is 16.6 Å². The number of halogens is 1. The van der Waals surface area contributed by atoms with E-state index in [-0.39, 0.29) is 17.7 Å². The maximum atomic E-state index is 12.9. The molecule has 0 N–H and O–H groups in total. The minimum absolute atomic E-state index is 0.130. The minimum Gasteiger partial charge on any atom is -0.444 e. The molecule has 0 unspecified atom stereocenters. The van der Waals surface area contributed by atoms with E-state index in [2.05, 4.69) is 52.2 Å². The van der Waals surface area contributed by atoms with Crippen molar-refractivity contribution in [3.05, 3.63) is 80.3 Å². The van der Waals surface area contributed by atoms with E-state index < -0.39 is 0 Å². The normalized spacial score (nSPS) is 17.0. The average molecular weight is 415 g/mol. The lowest BCUT2D eigenvalue weighted by Gasteiger charge is -2.21. The van der Waals surface area contributed by atoms with Crippen molar-refractivity contribution in [2.45, 2.75) is 19.4 Å². The van der Waals surface area contributed by atoms with Crippen LogP contribution in [0.15, 0.2) is 68.1 Å². The molecule has 0 aliphatic carbocycles. The third kappa shape index (κ3) is 3.19. The molecule has 0 radical (unpaired) electrons. The van der Waals surface area contributed by atoms with E-state index in [0.717, 1.165) is 16.2 Å². The van der Waals surface area contributed by atoms with Crippen molar-refractivity contribution in [2.75, 3.05) is 0 Å². The molecule has 1 aromatic carbocycles. The highest BCUT2D eigenvalue weighted by Crippen LogP contribution is 2.35. The van der Waals surface area contributed by atoms with E-state index in [0.29, 0.717) is 11.1 Å². The largest absolute Gasteiger partial charge is 0.444 e. The first kappa shape index (κ1) is 16.3. The Morgan fingerprint density at radius 3 is 2.68 bits per heavy atom. The molecule has 3 aromatic rings. The van der Waals surface area contributed by atoms with Gasteiger partial charge < -0.3 is 4.42 Å². The molecule has 0 fully saturated rings. The molecule has 25 heavy (non-hydrogen) atoms. The quantitative estimate of drug-likeness (QED) is 0.575. The highest BCUT2D eigenvalue weighted by Gasteiger charge is 2.35. The van der Waals surface area contributed by atoms with Gasteiger partial charge in [-0.25, -0.2) is 5.01 Å². The fraction of sp³-hybridized carbons (Fsp3) is 0.158. The van der Waals surface area contributed by atoms with E-state index in [1.54, 1.807) is 28.5 Å². The second-order valence-corrected chi connectivity index (χ2v) is 7.64. The lowest BCUT2D eigenvalue weighted by Crippen LogP contribution is -2.26. The van der Waals surface area contributed by atoms with Crippen molar-refractivity contribution in [1.29, 1.82) is 0 Å². The van der Waals surface area contributed by atoms with Crippen molar-refractivity contribution >= 4 is 38.9 Å². The van der Waals surface area contributed by atoms with Crippen LogP contribution >= 0.6 is 27.3 Å². The van der Waals surface area contributed by atoms with E-state index in [1.807, 2.05) is 17.5 Å². The van der Waals surface area contributed by atoms with Gasteiger partial charge in [-0.15, -0.1) is 11.3 Å². The average Bonchev–Trinajstić information content (AvgIpc) is 3.35. The number of carbonyl (C=O) groups excluding carboxylic acids is 1. The molecule has 1 aliphatic heterocycles. The van der Waals surface area contributed by atoms with Crippen molar-refractivity contribution in [1.82, 2.24) is 5.01 Å². The summed E-state index contributed by atoms with van der Waals surface area (Å²) in [6.45, 7) is 2.05. The number of nitrogens with zero attached hydrogens (tertiary/aromatic N) is 2. The Labute approximate surface area is 157 Å². The van der Waals surface area contributed by atoms with Crippen molar-refractivity contribution in [3.63, 3.8) is 0 Å². The summed E-state index contributed by atoms with van der Waals surface area (Å²) in [7, 11) is 0. The molecule has 126 valence electrons. The Hall–Kier alpha value is -2.18. The molecule has 0 saturated carbocycles. The van der Waals surface area contributed by atoms with E-state index in [4.69, 9.17) is 4.42 Å². The number of rotatable bonds is 3. The highest BCUT2D eigenvalue weighted by atomic mass is 79.9. The SMILES string of the molecule is Cc1ccc([C@H]2CC(c3cccs3)=NN2C(=O)c2ccc(Br)o2)cc1. The summed E-state index contributed by atoms with van der Waals surface area (Å²) in [6, 6.07) is 15.5. The molecule has 4 nitrogen and oxygen atoms in total. The van der Waals surface area contributed by atoms with Crippen molar-refractivity contribution < 1.29 is 9.21 Å². The molecule has 0 bridgehead atoms. The van der Waals surface area contributed by atoms with Crippen LogP contribution in [0.5, 0.6) is 0 Å². The molecule has 6 heteroatoms. The molecule has 4 rings (SSSR count). The second-order valence-electron chi connectivity index (χ2n) is 5.91. The van der Waals surface area contributed by atoms with E-state index in [1.165, 1.54) is 5.56 Å². The number of hydrogen-bond donors (Lipinski definition) is 0. The molecule has 1 atom stereocenters. The van der Waals surface area contributed by atoms with Crippen LogP contribution in [0.2, 0.25) is 0 Å². The zero-order valence-electron chi connectivity index (χ0n) is 13.5. The second kappa shape index (κ2) is 6.61. The van der Waals surface area contributed by atoms with Crippen LogP contribution in [0.25, 0.3) is 0 Å². The summed E-state index contributed by atoms with van der Waals surface area (Å²) >= 11 is 4.88. The Morgan fingerprint density at radius 2 is 2.04 bits per heavy atom. The molecule has 1 amide bonds. The van der Waals surface area contributed by atoms with Crippen molar-refractivity contribution in [3.8, 4) is 0 Å². The lowest BCUT2D eigenvalue weighted by atomic mass is 10.00. The molecule has 3 heterocycles. The standard InChI is InChI=1S/C19H15BrN2O2S/c1-12-4-6-13(7-5-12)15-11-14(17-3-2-10-25-17)21-22(15)19(23)16-8-9-18(20)24-16/h2-10,15H,11H2,1H3/t15-/m1/s1. The number of thiophene rings is 1. The van der Waals surface area contributed by atoms with Gasteiger partial charge in [0.25, 0.3) is 0 Å². The summed E-state index contributed by atoms with van der Waals surface area (Å²) in [5, 5.41) is 8.20. The van der Waals surface area contributed by atoms with Gasteiger partial charge in [-0.3, -0.25) is 4.79 Å². The summed E-state index contributed by atoms with van der Waals surface area (Å²) in [4.78, 5) is 14.0. The number of carbonyl (C=O) groups is 1. The topological polar surface area (TPSA) is 45.8 Å². The molecule has 0 spiro atoms. The fourth-order valence-corrected chi connectivity index (χ4v) is 3.91. The number of hydrazone groups is 1. The Morgan fingerprint density at radius 1 is 1.24 bits per heavy atom. The first-order chi connectivity index (χ1) is 12.1. The number of furan rings is 1. The van der Waals surface area contributed by atoms with Gasteiger partial charge in [0, 0.05) is 6.42 Å². The van der Waals surface area contributed by atoms with Gasteiger partial charge >= 0.3 is 5.91 Å². The molecule has 2 aromatic heterocycles. The maximum absolute atomic E-state index is 12.9. The van der Waals surface area contributed by atoms with Gasteiger partial charge in [0.2, 0.25) is 0 Å². The number of hydrogen-bond acceptors (Lipinski definition) is 4. The van der Waals surface area contributed by atoms with Crippen LogP contribution in [-0.2, 0) is 0 Å². The zero-order valence-corrected chi connectivity index (χ0v) is 15.9. The highest BCUT2D eigenvalue weighted by molar-refractivity contribution is 9.10. The molecular formula is C19H15BrN2O2S. The van der Waals surface area contributed by atoms with Crippen LogP contribution in [0.3, 0.4) is 0 Å². The molecule has 1 aliphatic rings. The minimum atomic E-state index is -0.233. The number of benzene rings is 1. The summed E-state index contributed by atoms with van der Waals surface area (Å²) in [5.74, 6) is 0.0444. The summed E-state index contributed by atoms with van der Waals surface area (Å²) in [6.07, 6.45) is 0.692. The molecular weight excluding hydrogens is 400 g/mol. The van der Waals surface area contributed by atoms with Gasteiger partial charge in [-0.05, 0) is 52.0 Å². The zero-order chi connectivity index (χ0) is 17.4. The third-order valence-electron chi connectivity index (χ3n) is 4.17. The fourth-order valence-electron chi connectivity index (χ4n) is 2.88. The maximum Gasteiger partial charge on any atom is 0.310 e. The van der Waals surface area contributed by atoms with E-state index >= 15 is 0 Å². The summed E-state index contributed by atoms with van der Waals surface area (Å²) < 4.78 is 5.98. The smallest absolute Gasteiger partial charge is 0.310 e. The van der Waals surface area contributed by atoms with Gasteiger partial charge in [0.05, 0.1) is 16.6 Å². The van der Waals surface area contributed by atoms with Crippen LogP contribution < -0.4 is 0 Å². The van der Waals surface area contributed by atoms with Crippen LogP contribution in [0, 0.1) is 6.92 Å². The van der Waals surface area contributed by atoms with Crippen LogP contribution in [0.1, 0.15) is 39.0 Å². The lowest BCUT2D eigenvalue weighted by molar-refractivity contribution is 0.0677. The van der Waals surface area contributed by atoms with Crippen LogP contribution in [0.4, 0.5) is 0 Å². The first-order valence-corrected chi connectivity index (χ1v) is 9.56. The predicted molar refractivity (Wildman–Crippen MR) is 102 cm³/mol. The third-order valence-corrected chi connectivity index (χ3v) is 5.52. The van der Waals surface area contributed by atoms with Crippen molar-refractivity contribution in [2.24, 2.45) is 5.10 Å². The Kier molecular flexibility index (Phi) is 4.31. The summed E-state index contributed by atoms with van der Waals surface area (Å²) in [5.41, 5.74) is 3.19. The monoisotopic (exact) mass is 414 g/mol. The first-order valence-electron chi connectivity index (χ1n) is 7.88.